The first kappa shape index (κ1) is 17.6. The second kappa shape index (κ2) is 7.20. The van der Waals surface area contributed by atoms with E-state index in [1.807, 2.05) is 0 Å². The average molecular weight is 337 g/mol. The molecule has 0 aliphatic rings. The molecule has 8 heteroatoms. The normalized spacial score (nSPS) is 12.0. The lowest BCUT2D eigenvalue weighted by atomic mass is 10.2. The highest BCUT2D eigenvalue weighted by Crippen LogP contribution is 2.24. The van der Waals surface area contributed by atoms with Crippen LogP contribution in [-0.2, 0) is 22.8 Å². The Bertz CT molecular complexity index is 694. The number of methoxy groups -OCH3 is 1. The van der Waals surface area contributed by atoms with Crippen LogP contribution in [0.4, 0.5) is 5.69 Å². The van der Waals surface area contributed by atoms with Crippen LogP contribution in [0.2, 0.25) is 25.7 Å². The van der Waals surface area contributed by atoms with Gasteiger partial charge in [-0.05, 0) is 12.1 Å². The summed E-state index contributed by atoms with van der Waals surface area (Å²) in [5, 5.41) is 16.3. The van der Waals surface area contributed by atoms with Crippen LogP contribution < -0.4 is 0 Å². The molecule has 0 atom stereocenters. The van der Waals surface area contributed by atoms with Crippen molar-refractivity contribution in [1.82, 2.24) is 9.78 Å². The highest BCUT2D eigenvalue weighted by molar-refractivity contribution is 6.76. The highest BCUT2D eigenvalue weighted by atomic mass is 28.3. The Morgan fingerprint density at radius 1 is 1.35 bits per heavy atom. The third kappa shape index (κ3) is 4.60. The number of fused-ring (bicyclic) bond motifs is 1. The number of hydrogen-bond acceptors (Lipinski definition) is 5. The Hall–Kier alpha value is -1.77. The van der Waals surface area contributed by atoms with E-state index in [9.17, 15) is 10.1 Å². The Morgan fingerprint density at radius 3 is 2.70 bits per heavy atom. The molecule has 0 radical (unpaired) electrons. The second-order valence-electron chi connectivity index (χ2n) is 6.69. The molecule has 23 heavy (non-hydrogen) atoms. The van der Waals surface area contributed by atoms with Gasteiger partial charge in [-0.3, -0.25) is 10.1 Å². The van der Waals surface area contributed by atoms with Crippen LogP contribution in [0.1, 0.15) is 5.69 Å². The van der Waals surface area contributed by atoms with Crippen molar-refractivity contribution in [3.8, 4) is 0 Å². The minimum absolute atomic E-state index is 0.0460. The van der Waals surface area contributed by atoms with Crippen molar-refractivity contribution in [1.29, 1.82) is 0 Å². The van der Waals surface area contributed by atoms with Gasteiger partial charge < -0.3 is 9.47 Å². The van der Waals surface area contributed by atoms with Gasteiger partial charge in [0.15, 0.2) is 0 Å². The second-order valence-corrected chi connectivity index (χ2v) is 12.3. The summed E-state index contributed by atoms with van der Waals surface area (Å²) >= 11 is 0. The number of rotatable bonds is 8. The molecule has 1 aromatic heterocycles. The SMILES string of the molecule is COCc1nn(COCC[Si](C)(C)C)c2cc([N+](=O)[O-])ccc12. The van der Waals surface area contributed by atoms with Crippen LogP contribution in [0.5, 0.6) is 0 Å². The Labute approximate surface area is 136 Å². The Morgan fingerprint density at radius 2 is 2.09 bits per heavy atom. The number of aromatic nitrogens is 2. The molecular weight excluding hydrogens is 314 g/mol. The quantitative estimate of drug-likeness (QED) is 0.319. The summed E-state index contributed by atoms with van der Waals surface area (Å²) in [6, 6.07) is 5.80. The van der Waals surface area contributed by atoms with Crippen LogP contribution >= 0.6 is 0 Å². The monoisotopic (exact) mass is 337 g/mol. The maximum atomic E-state index is 11.0. The van der Waals surface area contributed by atoms with E-state index in [4.69, 9.17) is 9.47 Å². The fraction of sp³-hybridized carbons (Fsp3) is 0.533. The molecule has 0 saturated heterocycles. The van der Waals surface area contributed by atoms with Crippen molar-refractivity contribution in [2.45, 2.75) is 39.0 Å². The first-order valence-corrected chi connectivity index (χ1v) is 11.2. The number of nitro groups is 1. The highest BCUT2D eigenvalue weighted by Gasteiger charge is 2.16. The largest absolute Gasteiger partial charge is 0.378 e. The van der Waals surface area contributed by atoms with Crippen molar-refractivity contribution in [2.75, 3.05) is 13.7 Å². The van der Waals surface area contributed by atoms with E-state index in [2.05, 4.69) is 24.7 Å². The molecule has 7 nitrogen and oxygen atoms in total. The summed E-state index contributed by atoms with van der Waals surface area (Å²) in [5.74, 6) is 0. The summed E-state index contributed by atoms with van der Waals surface area (Å²) < 4.78 is 12.5. The minimum Gasteiger partial charge on any atom is -0.378 e. The van der Waals surface area contributed by atoms with Gasteiger partial charge in [0.05, 0.1) is 22.7 Å². The molecule has 0 unspecified atom stereocenters. The maximum Gasteiger partial charge on any atom is 0.271 e. The summed E-state index contributed by atoms with van der Waals surface area (Å²) in [6.07, 6.45) is 0. The molecule has 126 valence electrons. The number of nitrogens with zero attached hydrogens (tertiary/aromatic N) is 3. The van der Waals surface area contributed by atoms with Gasteiger partial charge in [0, 0.05) is 39.3 Å². The van der Waals surface area contributed by atoms with Crippen molar-refractivity contribution in [2.24, 2.45) is 0 Å². The first-order valence-electron chi connectivity index (χ1n) is 7.52. The smallest absolute Gasteiger partial charge is 0.271 e. The fourth-order valence-corrected chi connectivity index (χ4v) is 2.97. The molecule has 0 bridgehead atoms. The van der Waals surface area contributed by atoms with Gasteiger partial charge in [-0.25, -0.2) is 4.68 Å². The lowest BCUT2D eigenvalue weighted by molar-refractivity contribution is -0.384. The van der Waals surface area contributed by atoms with Crippen LogP contribution in [0.15, 0.2) is 18.2 Å². The minimum atomic E-state index is -1.14. The Kier molecular flexibility index (Phi) is 5.50. The van der Waals surface area contributed by atoms with Gasteiger partial charge in [-0.2, -0.15) is 5.10 Å². The molecular formula is C15H23N3O4Si. The van der Waals surface area contributed by atoms with E-state index in [-0.39, 0.29) is 12.4 Å². The number of non-ortho nitro benzene ring substituents is 1. The number of hydrogen-bond donors (Lipinski definition) is 0. The van der Waals surface area contributed by atoms with Crippen LogP contribution in [0.25, 0.3) is 10.9 Å². The van der Waals surface area contributed by atoms with Crippen molar-refractivity contribution < 1.29 is 14.4 Å². The maximum absolute atomic E-state index is 11.0. The van der Waals surface area contributed by atoms with Gasteiger partial charge in [-0.15, -0.1) is 0 Å². The van der Waals surface area contributed by atoms with E-state index in [1.165, 1.54) is 12.1 Å². The molecule has 0 spiro atoms. The molecule has 0 amide bonds. The summed E-state index contributed by atoms with van der Waals surface area (Å²) in [7, 11) is 0.454. The standard InChI is InChI=1S/C15H23N3O4Si/c1-21-10-14-13-6-5-12(18(19)20)9-15(13)17(16-14)11-22-7-8-23(2,3)4/h5-6,9H,7-8,10-11H2,1-4H3. The predicted octanol–water partition coefficient (Wildman–Crippen LogP) is 3.40. The van der Waals surface area contributed by atoms with E-state index in [0.717, 1.165) is 17.1 Å². The molecule has 2 rings (SSSR count). The van der Waals surface area contributed by atoms with Crippen LogP contribution in [0.3, 0.4) is 0 Å². The molecule has 0 aliphatic carbocycles. The number of nitro benzene ring substituents is 1. The summed E-state index contributed by atoms with van der Waals surface area (Å²) in [4.78, 5) is 10.6. The van der Waals surface area contributed by atoms with Gasteiger partial charge in [-0.1, -0.05) is 19.6 Å². The van der Waals surface area contributed by atoms with Gasteiger partial charge in [0.25, 0.3) is 5.69 Å². The van der Waals surface area contributed by atoms with Crippen LogP contribution in [0, 0.1) is 10.1 Å². The van der Waals surface area contributed by atoms with E-state index in [1.54, 1.807) is 17.9 Å². The van der Waals surface area contributed by atoms with E-state index < -0.39 is 13.0 Å². The molecule has 0 saturated carbocycles. The van der Waals surface area contributed by atoms with Gasteiger partial charge in [0.1, 0.15) is 6.73 Å². The van der Waals surface area contributed by atoms with Crippen molar-refractivity contribution >= 4 is 24.7 Å². The van der Waals surface area contributed by atoms with Crippen molar-refractivity contribution in [3.63, 3.8) is 0 Å². The molecule has 1 aromatic carbocycles. The first-order chi connectivity index (χ1) is 10.8. The zero-order chi connectivity index (χ0) is 17.0. The topological polar surface area (TPSA) is 79.4 Å². The molecule has 1 heterocycles. The molecule has 0 N–H and O–H groups in total. The lowest BCUT2D eigenvalue weighted by Gasteiger charge is -2.15. The predicted molar refractivity (Wildman–Crippen MR) is 91.2 cm³/mol. The molecule has 2 aromatic rings. The zero-order valence-electron chi connectivity index (χ0n) is 14.0. The van der Waals surface area contributed by atoms with Crippen LogP contribution in [-0.4, -0.2) is 36.5 Å². The summed E-state index contributed by atoms with van der Waals surface area (Å²) in [5.41, 5.74) is 1.50. The fourth-order valence-electron chi connectivity index (χ4n) is 2.22. The van der Waals surface area contributed by atoms with Crippen molar-refractivity contribution in [3.05, 3.63) is 34.0 Å². The average Bonchev–Trinajstić information content (AvgIpc) is 2.80. The third-order valence-electron chi connectivity index (χ3n) is 3.51. The molecule has 0 fully saturated rings. The van der Waals surface area contributed by atoms with E-state index in [0.29, 0.717) is 18.7 Å². The van der Waals surface area contributed by atoms with Gasteiger partial charge >= 0.3 is 0 Å². The summed E-state index contributed by atoms with van der Waals surface area (Å²) in [6.45, 7) is 8.19. The molecule has 0 aliphatic heterocycles. The Balaban J connectivity index is 2.22. The zero-order valence-corrected chi connectivity index (χ0v) is 15.0. The van der Waals surface area contributed by atoms with E-state index >= 15 is 0 Å². The number of ether oxygens (including phenoxy) is 2. The third-order valence-corrected chi connectivity index (χ3v) is 5.22. The van der Waals surface area contributed by atoms with Gasteiger partial charge in [0.2, 0.25) is 0 Å². The number of benzene rings is 1. The lowest BCUT2D eigenvalue weighted by Crippen LogP contribution is -2.22.